The fraction of sp³-hybridized carbons (Fsp3) is 0.368. The molecular weight excluding hydrogens is 414 g/mol. The van der Waals surface area contributed by atoms with Gasteiger partial charge in [-0.25, -0.2) is 4.98 Å². The van der Waals surface area contributed by atoms with Crippen LogP contribution in [-0.4, -0.2) is 38.9 Å². The van der Waals surface area contributed by atoms with Crippen LogP contribution in [0.4, 0.5) is 32.2 Å². The van der Waals surface area contributed by atoms with Crippen molar-refractivity contribution in [3.05, 3.63) is 47.8 Å². The molecule has 0 saturated carbocycles. The molecule has 0 spiro atoms. The predicted molar refractivity (Wildman–Crippen MR) is 95.9 cm³/mol. The number of aromatic nitrogens is 3. The second kappa shape index (κ2) is 7.15. The Hall–Kier alpha value is -2.82. The van der Waals surface area contributed by atoms with Crippen molar-refractivity contribution >= 4 is 11.5 Å². The number of hydrogen-bond acceptors (Lipinski definition) is 4. The minimum absolute atomic E-state index is 0.0606. The fourth-order valence-electron chi connectivity index (χ4n) is 3.53. The number of aliphatic hydroxyl groups excluding tert-OH is 1. The molecule has 0 radical (unpaired) electrons. The van der Waals surface area contributed by atoms with E-state index in [0.717, 1.165) is 0 Å². The average molecular weight is 430 g/mol. The van der Waals surface area contributed by atoms with Crippen molar-refractivity contribution in [1.82, 2.24) is 14.6 Å². The number of piperidine rings is 1. The van der Waals surface area contributed by atoms with Crippen molar-refractivity contribution in [1.29, 1.82) is 0 Å². The summed E-state index contributed by atoms with van der Waals surface area (Å²) in [5.74, 6) is 0.598. The minimum atomic E-state index is -4.94. The van der Waals surface area contributed by atoms with Gasteiger partial charge in [-0.05, 0) is 42.7 Å². The molecular formula is C19H16F6N4O. The molecule has 1 aliphatic heterocycles. The van der Waals surface area contributed by atoms with Crippen molar-refractivity contribution < 1.29 is 31.4 Å². The Bertz CT molecular complexity index is 1030. The first-order valence-electron chi connectivity index (χ1n) is 9.09. The standard InChI is InChI=1S/C19H16F6N4O/c20-18(21,22)12-7-11(8-13(9-12)19(23,24)25)15-10-27-29-16(1-4-26-17(15)29)28-5-2-14(30)3-6-28/h1,4,7-10,14,30H,2-3,5-6H2. The summed E-state index contributed by atoms with van der Waals surface area (Å²) in [6, 6.07) is 3.08. The molecule has 11 heteroatoms. The Balaban J connectivity index is 1.83. The van der Waals surface area contributed by atoms with E-state index in [2.05, 4.69) is 10.1 Å². The number of hydrogen-bond donors (Lipinski definition) is 1. The quantitative estimate of drug-likeness (QED) is 0.613. The third kappa shape index (κ3) is 3.81. The van der Waals surface area contributed by atoms with Crippen LogP contribution in [0.25, 0.3) is 16.8 Å². The first kappa shape index (κ1) is 20.5. The molecule has 2 aromatic heterocycles. The SMILES string of the molecule is OC1CCN(c2ccnc3c(-c4cc(C(F)(F)F)cc(C(F)(F)F)c4)cnn23)CC1. The van der Waals surface area contributed by atoms with E-state index in [9.17, 15) is 31.4 Å². The molecule has 1 N–H and O–H groups in total. The van der Waals surface area contributed by atoms with Crippen molar-refractivity contribution in [2.24, 2.45) is 0 Å². The average Bonchev–Trinajstić information content (AvgIpc) is 3.11. The van der Waals surface area contributed by atoms with Gasteiger partial charge in [-0.1, -0.05) is 0 Å². The molecule has 3 heterocycles. The Morgan fingerprint density at radius 3 is 2.10 bits per heavy atom. The van der Waals surface area contributed by atoms with Gasteiger partial charge in [0.25, 0.3) is 0 Å². The molecule has 1 fully saturated rings. The lowest BCUT2D eigenvalue weighted by atomic mass is 10.0. The van der Waals surface area contributed by atoms with Gasteiger partial charge in [0.05, 0.1) is 23.4 Å². The maximum atomic E-state index is 13.2. The normalized spacial score (nSPS) is 16.4. The molecule has 30 heavy (non-hydrogen) atoms. The number of benzene rings is 1. The summed E-state index contributed by atoms with van der Waals surface area (Å²) in [6.07, 6.45) is -6.56. The summed E-state index contributed by atoms with van der Waals surface area (Å²) >= 11 is 0. The van der Waals surface area contributed by atoms with Crippen LogP contribution in [0.3, 0.4) is 0 Å². The summed E-state index contributed by atoms with van der Waals surface area (Å²) in [4.78, 5) is 6.07. The molecule has 0 aliphatic carbocycles. The minimum Gasteiger partial charge on any atom is -0.393 e. The predicted octanol–water partition coefficient (Wildman–Crippen LogP) is 4.40. The lowest BCUT2D eigenvalue weighted by Gasteiger charge is -2.31. The monoisotopic (exact) mass is 430 g/mol. The first-order valence-corrected chi connectivity index (χ1v) is 9.09. The number of aliphatic hydroxyl groups is 1. The maximum Gasteiger partial charge on any atom is 0.416 e. The highest BCUT2D eigenvalue weighted by Gasteiger charge is 2.37. The van der Waals surface area contributed by atoms with Gasteiger partial charge in [0, 0.05) is 24.8 Å². The van der Waals surface area contributed by atoms with Crippen LogP contribution in [0.5, 0.6) is 0 Å². The summed E-state index contributed by atoms with van der Waals surface area (Å²) < 4.78 is 80.6. The van der Waals surface area contributed by atoms with Gasteiger partial charge in [0.2, 0.25) is 0 Å². The van der Waals surface area contributed by atoms with Crippen molar-refractivity contribution in [3.63, 3.8) is 0 Å². The van der Waals surface area contributed by atoms with E-state index in [1.807, 2.05) is 4.90 Å². The number of nitrogens with zero attached hydrogens (tertiary/aromatic N) is 4. The second-order valence-electron chi connectivity index (χ2n) is 7.11. The third-order valence-electron chi connectivity index (χ3n) is 5.07. The maximum absolute atomic E-state index is 13.2. The molecule has 0 amide bonds. The number of fused-ring (bicyclic) bond motifs is 1. The lowest BCUT2D eigenvalue weighted by molar-refractivity contribution is -0.143. The highest BCUT2D eigenvalue weighted by atomic mass is 19.4. The summed E-state index contributed by atoms with van der Waals surface area (Å²) in [5.41, 5.74) is -2.86. The molecule has 0 bridgehead atoms. The molecule has 3 aromatic rings. The molecule has 1 saturated heterocycles. The van der Waals surface area contributed by atoms with Crippen molar-refractivity contribution in [2.45, 2.75) is 31.3 Å². The zero-order valence-electron chi connectivity index (χ0n) is 15.4. The van der Waals surface area contributed by atoms with E-state index in [1.165, 1.54) is 16.9 Å². The van der Waals surface area contributed by atoms with E-state index in [0.29, 0.717) is 43.9 Å². The summed E-state index contributed by atoms with van der Waals surface area (Å²) in [7, 11) is 0. The highest BCUT2D eigenvalue weighted by Crippen LogP contribution is 2.39. The van der Waals surface area contributed by atoms with Gasteiger partial charge < -0.3 is 10.0 Å². The van der Waals surface area contributed by atoms with Crippen LogP contribution in [-0.2, 0) is 12.4 Å². The van der Waals surface area contributed by atoms with E-state index >= 15 is 0 Å². The molecule has 1 aromatic carbocycles. The van der Waals surface area contributed by atoms with E-state index in [4.69, 9.17) is 0 Å². The number of halogens is 6. The van der Waals surface area contributed by atoms with Crippen LogP contribution in [0.1, 0.15) is 24.0 Å². The topological polar surface area (TPSA) is 53.7 Å². The van der Waals surface area contributed by atoms with Crippen molar-refractivity contribution in [2.75, 3.05) is 18.0 Å². The summed E-state index contributed by atoms with van der Waals surface area (Å²) in [6.45, 7) is 1.08. The van der Waals surface area contributed by atoms with E-state index in [-0.39, 0.29) is 22.8 Å². The molecule has 5 nitrogen and oxygen atoms in total. The Labute approximate surface area is 166 Å². The van der Waals surface area contributed by atoms with Crippen LogP contribution in [0, 0.1) is 0 Å². The number of alkyl halides is 6. The van der Waals surface area contributed by atoms with Gasteiger partial charge >= 0.3 is 12.4 Å². The Kier molecular flexibility index (Phi) is 4.88. The van der Waals surface area contributed by atoms with Crippen LogP contribution in [0.15, 0.2) is 36.7 Å². The molecule has 4 rings (SSSR count). The highest BCUT2D eigenvalue weighted by molar-refractivity contribution is 5.79. The van der Waals surface area contributed by atoms with Gasteiger partial charge in [-0.2, -0.15) is 36.0 Å². The zero-order chi connectivity index (χ0) is 21.7. The number of rotatable bonds is 2. The fourth-order valence-corrected chi connectivity index (χ4v) is 3.53. The van der Waals surface area contributed by atoms with Crippen LogP contribution in [0.2, 0.25) is 0 Å². The lowest BCUT2D eigenvalue weighted by Crippen LogP contribution is -2.36. The molecule has 1 aliphatic rings. The number of anilines is 1. The molecule has 0 unspecified atom stereocenters. The summed E-state index contributed by atoms with van der Waals surface area (Å²) in [5, 5.41) is 13.8. The Morgan fingerprint density at radius 2 is 1.53 bits per heavy atom. The van der Waals surface area contributed by atoms with Crippen LogP contribution < -0.4 is 4.90 Å². The van der Waals surface area contributed by atoms with Gasteiger partial charge in [-0.3, -0.25) is 0 Å². The smallest absolute Gasteiger partial charge is 0.393 e. The largest absolute Gasteiger partial charge is 0.416 e. The van der Waals surface area contributed by atoms with E-state index < -0.39 is 29.6 Å². The first-order chi connectivity index (χ1) is 14.0. The molecule has 0 atom stereocenters. The van der Waals surface area contributed by atoms with Crippen LogP contribution >= 0.6 is 0 Å². The zero-order valence-corrected chi connectivity index (χ0v) is 15.4. The van der Waals surface area contributed by atoms with Gasteiger partial charge in [0.15, 0.2) is 5.65 Å². The third-order valence-corrected chi connectivity index (χ3v) is 5.07. The Morgan fingerprint density at radius 1 is 0.933 bits per heavy atom. The second-order valence-corrected chi connectivity index (χ2v) is 7.11. The van der Waals surface area contributed by atoms with Crippen molar-refractivity contribution in [3.8, 4) is 11.1 Å². The van der Waals surface area contributed by atoms with Gasteiger partial charge in [0.1, 0.15) is 5.82 Å². The van der Waals surface area contributed by atoms with E-state index in [1.54, 1.807) is 6.07 Å². The van der Waals surface area contributed by atoms with Gasteiger partial charge in [-0.15, -0.1) is 0 Å². The molecule has 160 valence electrons.